The van der Waals surface area contributed by atoms with Crippen molar-refractivity contribution in [1.29, 1.82) is 0 Å². The molecule has 0 saturated carbocycles. The number of hydrogen-bond donors (Lipinski definition) is 0. The van der Waals surface area contributed by atoms with E-state index in [9.17, 15) is 9.59 Å². The second-order valence-electron chi connectivity index (χ2n) is 6.69. The number of carbonyl (C=O) groups is 2. The van der Waals surface area contributed by atoms with Crippen molar-refractivity contribution in [2.75, 3.05) is 35.8 Å². The van der Waals surface area contributed by atoms with Crippen LogP contribution < -0.4 is 14.7 Å². The molecule has 5 nitrogen and oxygen atoms in total. The molecule has 0 atom stereocenters. The Morgan fingerprint density at radius 3 is 2.19 bits per heavy atom. The van der Waals surface area contributed by atoms with E-state index >= 15 is 0 Å². The van der Waals surface area contributed by atoms with Gasteiger partial charge in [-0.1, -0.05) is 11.8 Å². The van der Waals surface area contributed by atoms with Crippen molar-refractivity contribution in [2.24, 2.45) is 0 Å². The van der Waals surface area contributed by atoms with Crippen LogP contribution in [-0.2, 0) is 9.59 Å². The van der Waals surface area contributed by atoms with Crippen LogP contribution in [0.15, 0.2) is 40.1 Å². The minimum atomic E-state index is -0.0301. The Morgan fingerprint density at radius 2 is 1.62 bits per heavy atom. The third kappa shape index (κ3) is 3.05. The first-order chi connectivity index (χ1) is 12.2. The first-order valence-electron chi connectivity index (χ1n) is 8.39. The molecule has 136 valence electrons. The monoisotopic (exact) mass is 369 g/mol. The predicted molar refractivity (Wildman–Crippen MR) is 108 cm³/mol. The molecule has 2 aromatic carbocycles. The number of amides is 2. The molecule has 0 fully saturated rings. The molecule has 2 aromatic rings. The Balaban J connectivity index is 2.18. The highest BCUT2D eigenvalue weighted by Gasteiger charge is 2.28. The van der Waals surface area contributed by atoms with Crippen LogP contribution in [0.4, 0.5) is 22.7 Å². The van der Waals surface area contributed by atoms with Crippen LogP contribution in [0.25, 0.3) is 0 Å². The fourth-order valence-corrected chi connectivity index (χ4v) is 4.19. The Labute approximate surface area is 158 Å². The van der Waals surface area contributed by atoms with Gasteiger partial charge < -0.3 is 9.80 Å². The first-order valence-corrected chi connectivity index (χ1v) is 9.21. The molecule has 2 amide bonds. The summed E-state index contributed by atoms with van der Waals surface area (Å²) in [6.07, 6.45) is 0. The molecule has 0 saturated heterocycles. The van der Waals surface area contributed by atoms with E-state index in [1.807, 2.05) is 50.2 Å². The van der Waals surface area contributed by atoms with Crippen LogP contribution >= 0.6 is 11.8 Å². The lowest BCUT2D eigenvalue weighted by molar-refractivity contribution is -0.117. The minimum absolute atomic E-state index is 0.0208. The zero-order valence-electron chi connectivity index (χ0n) is 16.0. The van der Waals surface area contributed by atoms with Crippen LogP contribution in [0.3, 0.4) is 0 Å². The zero-order valence-corrected chi connectivity index (χ0v) is 16.8. The fourth-order valence-electron chi connectivity index (χ4n) is 3.08. The molecule has 0 unspecified atom stereocenters. The van der Waals surface area contributed by atoms with Gasteiger partial charge in [0.05, 0.1) is 11.4 Å². The lowest BCUT2D eigenvalue weighted by atomic mass is 10.1. The van der Waals surface area contributed by atoms with Crippen LogP contribution in [-0.4, -0.2) is 33.0 Å². The summed E-state index contributed by atoms with van der Waals surface area (Å²) in [5.41, 5.74) is 4.66. The Kier molecular flexibility index (Phi) is 4.71. The molecule has 1 aliphatic rings. The molecule has 0 aliphatic carbocycles. The molecule has 26 heavy (non-hydrogen) atoms. The zero-order chi connectivity index (χ0) is 19.2. The van der Waals surface area contributed by atoms with Crippen molar-refractivity contribution in [3.8, 4) is 0 Å². The van der Waals surface area contributed by atoms with Gasteiger partial charge in [0.2, 0.25) is 11.8 Å². The van der Waals surface area contributed by atoms with E-state index in [-0.39, 0.29) is 11.8 Å². The average Bonchev–Trinajstić information content (AvgIpc) is 2.57. The van der Waals surface area contributed by atoms with E-state index in [0.717, 1.165) is 38.1 Å². The second kappa shape index (κ2) is 6.68. The predicted octanol–water partition coefficient (Wildman–Crippen LogP) is 4.19. The third-order valence-electron chi connectivity index (χ3n) is 4.59. The normalized spacial score (nSPS) is 12.3. The molecule has 1 aliphatic heterocycles. The Bertz CT molecular complexity index is 908. The smallest absolute Gasteiger partial charge is 0.228 e. The van der Waals surface area contributed by atoms with Gasteiger partial charge in [0.15, 0.2) is 0 Å². The molecular formula is C20H23N3O2S. The van der Waals surface area contributed by atoms with Gasteiger partial charge in [0.1, 0.15) is 0 Å². The van der Waals surface area contributed by atoms with E-state index in [0.29, 0.717) is 0 Å². The summed E-state index contributed by atoms with van der Waals surface area (Å²) in [5, 5.41) is 0. The Morgan fingerprint density at radius 1 is 0.962 bits per heavy atom. The number of carbonyl (C=O) groups excluding carboxylic acids is 2. The maximum absolute atomic E-state index is 12.4. The summed E-state index contributed by atoms with van der Waals surface area (Å²) in [6.45, 7) is 5.09. The number of anilines is 4. The van der Waals surface area contributed by atoms with Crippen molar-refractivity contribution < 1.29 is 9.59 Å². The maximum Gasteiger partial charge on any atom is 0.228 e. The van der Waals surface area contributed by atoms with Gasteiger partial charge in [-0.2, -0.15) is 0 Å². The van der Waals surface area contributed by atoms with E-state index in [1.165, 1.54) is 0 Å². The number of nitrogens with zero attached hydrogens (tertiary/aromatic N) is 3. The van der Waals surface area contributed by atoms with Crippen LogP contribution in [0.1, 0.15) is 19.4 Å². The molecule has 0 bridgehead atoms. The fraction of sp³-hybridized carbons (Fsp3) is 0.300. The summed E-state index contributed by atoms with van der Waals surface area (Å²) in [7, 11) is 5.76. The molecule has 0 radical (unpaired) electrons. The third-order valence-corrected chi connectivity index (χ3v) is 5.68. The van der Waals surface area contributed by atoms with Crippen LogP contribution in [0, 0.1) is 6.92 Å². The molecular weight excluding hydrogens is 346 g/mol. The number of fused-ring (bicyclic) bond motifs is 2. The van der Waals surface area contributed by atoms with E-state index in [4.69, 9.17) is 0 Å². The first kappa shape index (κ1) is 18.3. The van der Waals surface area contributed by atoms with Crippen molar-refractivity contribution >= 4 is 46.3 Å². The van der Waals surface area contributed by atoms with E-state index in [2.05, 4.69) is 6.07 Å². The van der Waals surface area contributed by atoms with E-state index < -0.39 is 0 Å². The highest BCUT2D eigenvalue weighted by molar-refractivity contribution is 7.99. The lowest BCUT2D eigenvalue weighted by Crippen LogP contribution is -2.27. The van der Waals surface area contributed by atoms with Gasteiger partial charge in [-0.25, -0.2) is 0 Å². The number of rotatable bonds is 2. The molecule has 0 aromatic heterocycles. The quantitative estimate of drug-likeness (QED) is 0.796. The van der Waals surface area contributed by atoms with Crippen molar-refractivity contribution in [3.05, 3.63) is 35.9 Å². The highest BCUT2D eigenvalue weighted by Crippen LogP contribution is 2.50. The summed E-state index contributed by atoms with van der Waals surface area (Å²) in [6, 6.07) is 10.1. The van der Waals surface area contributed by atoms with Crippen molar-refractivity contribution in [1.82, 2.24) is 0 Å². The minimum Gasteiger partial charge on any atom is -0.378 e. The maximum atomic E-state index is 12.4. The molecule has 0 N–H and O–H groups in total. The SMILES string of the molecule is CC(=O)N(C)c1cc2c(cc1C)N(C(C)=O)c1ccc(N(C)C)cc1S2. The van der Waals surface area contributed by atoms with Crippen molar-refractivity contribution in [2.45, 2.75) is 30.6 Å². The van der Waals surface area contributed by atoms with Gasteiger partial charge in [-0.05, 0) is 42.8 Å². The summed E-state index contributed by atoms with van der Waals surface area (Å²) in [4.78, 5) is 31.7. The Hall–Kier alpha value is -2.47. The summed E-state index contributed by atoms with van der Waals surface area (Å²) >= 11 is 1.63. The summed E-state index contributed by atoms with van der Waals surface area (Å²) < 4.78 is 0. The largest absolute Gasteiger partial charge is 0.378 e. The molecule has 3 rings (SSSR count). The standard InChI is InChI=1S/C20H23N3O2S/c1-12-9-18-20(11-17(12)22(6)13(2)24)26-19-10-15(21(4)5)7-8-16(19)23(18)14(3)25/h7-11H,1-6H3. The van der Waals surface area contributed by atoms with Gasteiger partial charge in [-0.15, -0.1) is 0 Å². The molecule has 6 heteroatoms. The lowest BCUT2D eigenvalue weighted by Gasteiger charge is -2.32. The van der Waals surface area contributed by atoms with Gasteiger partial charge in [-0.3, -0.25) is 14.5 Å². The number of hydrogen-bond acceptors (Lipinski definition) is 4. The average molecular weight is 369 g/mol. The number of aryl methyl sites for hydroxylation is 1. The number of benzene rings is 2. The molecule has 1 heterocycles. The van der Waals surface area contributed by atoms with Crippen molar-refractivity contribution in [3.63, 3.8) is 0 Å². The van der Waals surface area contributed by atoms with Crippen LogP contribution in [0.5, 0.6) is 0 Å². The van der Waals surface area contributed by atoms with Gasteiger partial charge in [0.25, 0.3) is 0 Å². The van der Waals surface area contributed by atoms with Gasteiger partial charge in [0, 0.05) is 56.2 Å². The second-order valence-corrected chi connectivity index (χ2v) is 7.77. The summed E-state index contributed by atoms with van der Waals surface area (Å²) in [5.74, 6) is -0.0509. The highest BCUT2D eigenvalue weighted by atomic mass is 32.2. The molecule has 0 spiro atoms. The van der Waals surface area contributed by atoms with Crippen LogP contribution in [0.2, 0.25) is 0 Å². The topological polar surface area (TPSA) is 43.9 Å². The van der Waals surface area contributed by atoms with Gasteiger partial charge >= 0.3 is 0 Å². The van der Waals surface area contributed by atoms with E-state index in [1.54, 1.807) is 42.5 Å².